The molecule has 154 valence electrons. The van der Waals surface area contributed by atoms with Crippen LogP contribution in [-0.4, -0.2) is 40.9 Å². The van der Waals surface area contributed by atoms with Crippen molar-refractivity contribution >= 4 is 17.5 Å². The van der Waals surface area contributed by atoms with E-state index in [0.717, 1.165) is 31.6 Å². The molecule has 1 atom stereocenters. The van der Waals surface area contributed by atoms with Gasteiger partial charge in [0.2, 0.25) is 11.8 Å². The van der Waals surface area contributed by atoms with Gasteiger partial charge in [0.1, 0.15) is 5.92 Å². The summed E-state index contributed by atoms with van der Waals surface area (Å²) in [5.74, 6) is -0.554. The summed E-state index contributed by atoms with van der Waals surface area (Å²) in [4.78, 5) is 29.8. The van der Waals surface area contributed by atoms with Crippen molar-refractivity contribution in [1.82, 2.24) is 9.47 Å². The fourth-order valence-electron chi connectivity index (χ4n) is 4.88. The SMILES string of the molecule is Cc1ccc(N2CC[C@@H](C(=O)N3CCC(n4c(C)ccc4C)CC3)C2=O)cc1C. The Morgan fingerprint density at radius 1 is 0.862 bits per heavy atom. The minimum Gasteiger partial charge on any atom is -0.346 e. The molecular weight excluding hydrogens is 362 g/mol. The first kappa shape index (κ1) is 19.7. The summed E-state index contributed by atoms with van der Waals surface area (Å²) in [6.45, 7) is 10.5. The topological polar surface area (TPSA) is 45.6 Å². The number of benzene rings is 1. The number of aromatic nitrogens is 1. The van der Waals surface area contributed by atoms with E-state index in [9.17, 15) is 9.59 Å². The Kier molecular flexibility index (Phi) is 5.24. The number of piperidine rings is 1. The van der Waals surface area contributed by atoms with E-state index in [4.69, 9.17) is 0 Å². The van der Waals surface area contributed by atoms with E-state index >= 15 is 0 Å². The number of amides is 2. The van der Waals surface area contributed by atoms with Gasteiger partial charge in [0.15, 0.2) is 0 Å². The van der Waals surface area contributed by atoms with E-state index in [-0.39, 0.29) is 11.8 Å². The van der Waals surface area contributed by atoms with E-state index in [1.54, 1.807) is 4.90 Å². The fourth-order valence-corrected chi connectivity index (χ4v) is 4.88. The van der Waals surface area contributed by atoms with Gasteiger partial charge in [-0.05, 0) is 82.3 Å². The minimum absolute atomic E-state index is 0.0146. The molecule has 0 spiro atoms. The minimum atomic E-state index is -0.525. The van der Waals surface area contributed by atoms with E-state index in [1.165, 1.54) is 22.5 Å². The van der Waals surface area contributed by atoms with Crippen LogP contribution in [0, 0.1) is 33.6 Å². The van der Waals surface area contributed by atoms with Gasteiger partial charge in [-0.15, -0.1) is 0 Å². The molecule has 0 bridgehead atoms. The zero-order valence-electron chi connectivity index (χ0n) is 17.9. The molecule has 3 heterocycles. The Morgan fingerprint density at radius 2 is 1.52 bits per heavy atom. The maximum Gasteiger partial charge on any atom is 0.239 e. The molecule has 0 saturated carbocycles. The van der Waals surface area contributed by atoms with Crippen LogP contribution >= 0.6 is 0 Å². The third-order valence-corrected chi connectivity index (χ3v) is 6.77. The summed E-state index contributed by atoms with van der Waals surface area (Å²) < 4.78 is 2.39. The Balaban J connectivity index is 1.40. The van der Waals surface area contributed by atoms with Crippen LogP contribution in [0.25, 0.3) is 0 Å². The monoisotopic (exact) mass is 393 g/mol. The molecule has 2 aliphatic rings. The normalized spacial score (nSPS) is 20.6. The Morgan fingerprint density at radius 3 is 2.14 bits per heavy atom. The highest BCUT2D eigenvalue weighted by Crippen LogP contribution is 2.31. The van der Waals surface area contributed by atoms with Gasteiger partial charge in [0.05, 0.1) is 0 Å². The predicted octanol–water partition coefficient (Wildman–Crippen LogP) is 3.94. The van der Waals surface area contributed by atoms with Crippen LogP contribution in [0.1, 0.15) is 47.8 Å². The lowest BCUT2D eigenvalue weighted by Gasteiger charge is -2.35. The van der Waals surface area contributed by atoms with Crippen LogP contribution in [0.4, 0.5) is 5.69 Å². The zero-order chi connectivity index (χ0) is 20.7. The average molecular weight is 394 g/mol. The molecular formula is C24H31N3O2. The third kappa shape index (κ3) is 3.59. The highest BCUT2D eigenvalue weighted by atomic mass is 16.2. The second-order valence-corrected chi connectivity index (χ2v) is 8.64. The van der Waals surface area contributed by atoms with Crippen molar-refractivity contribution < 1.29 is 9.59 Å². The molecule has 2 fully saturated rings. The molecule has 0 unspecified atom stereocenters. The lowest BCUT2D eigenvalue weighted by atomic mass is 10.0. The van der Waals surface area contributed by atoms with Crippen molar-refractivity contribution in [3.05, 3.63) is 52.8 Å². The molecule has 2 aliphatic heterocycles. The molecule has 5 heteroatoms. The molecule has 4 rings (SSSR count). The summed E-state index contributed by atoms with van der Waals surface area (Å²) >= 11 is 0. The van der Waals surface area contributed by atoms with Crippen LogP contribution in [0.2, 0.25) is 0 Å². The highest BCUT2D eigenvalue weighted by Gasteiger charge is 2.40. The van der Waals surface area contributed by atoms with Crippen LogP contribution in [-0.2, 0) is 9.59 Å². The standard InChI is InChI=1S/C24H31N3O2/c1-16-5-8-21(15-17(16)2)26-14-11-22(24(26)29)23(28)25-12-9-20(10-13-25)27-18(3)6-7-19(27)4/h5-8,15,20,22H,9-14H2,1-4H3/t22-/m0/s1. The first-order valence-electron chi connectivity index (χ1n) is 10.7. The van der Waals surface area contributed by atoms with Gasteiger partial charge >= 0.3 is 0 Å². The van der Waals surface area contributed by atoms with Gasteiger partial charge < -0.3 is 14.4 Å². The first-order valence-corrected chi connectivity index (χ1v) is 10.7. The maximum atomic E-state index is 13.1. The summed E-state index contributed by atoms with van der Waals surface area (Å²) in [5, 5.41) is 0. The number of hydrogen-bond donors (Lipinski definition) is 0. The van der Waals surface area contributed by atoms with Gasteiger partial charge in [0, 0.05) is 42.8 Å². The Labute approximate surface area is 173 Å². The molecule has 2 saturated heterocycles. The van der Waals surface area contributed by atoms with E-state index in [0.29, 0.717) is 19.0 Å². The molecule has 29 heavy (non-hydrogen) atoms. The van der Waals surface area contributed by atoms with Crippen molar-refractivity contribution in [3.63, 3.8) is 0 Å². The van der Waals surface area contributed by atoms with E-state index in [1.807, 2.05) is 23.1 Å². The zero-order valence-corrected chi connectivity index (χ0v) is 17.9. The van der Waals surface area contributed by atoms with Crippen molar-refractivity contribution in [3.8, 4) is 0 Å². The number of hydrogen-bond acceptors (Lipinski definition) is 2. The average Bonchev–Trinajstić information content (AvgIpc) is 3.25. The summed E-state index contributed by atoms with van der Waals surface area (Å²) in [6, 6.07) is 10.8. The van der Waals surface area contributed by atoms with E-state index in [2.05, 4.69) is 44.4 Å². The highest BCUT2D eigenvalue weighted by molar-refractivity contribution is 6.09. The maximum absolute atomic E-state index is 13.1. The van der Waals surface area contributed by atoms with Crippen molar-refractivity contribution in [1.29, 1.82) is 0 Å². The smallest absolute Gasteiger partial charge is 0.239 e. The molecule has 5 nitrogen and oxygen atoms in total. The van der Waals surface area contributed by atoms with Gasteiger partial charge in [0.25, 0.3) is 0 Å². The summed E-state index contributed by atoms with van der Waals surface area (Å²) in [6.07, 6.45) is 2.51. The first-order chi connectivity index (χ1) is 13.9. The van der Waals surface area contributed by atoms with Crippen molar-refractivity contribution in [2.24, 2.45) is 5.92 Å². The second-order valence-electron chi connectivity index (χ2n) is 8.64. The van der Waals surface area contributed by atoms with Crippen molar-refractivity contribution in [2.75, 3.05) is 24.5 Å². The van der Waals surface area contributed by atoms with Gasteiger partial charge in [-0.2, -0.15) is 0 Å². The lowest BCUT2D eigenvalue weighted by Crippen LogP contribution is -2.44. The number of likely N-dealkylation sites (tertiary alicyclic amines) is 1. The molecule has 2 aromatic rings. The predicted molar refractivity (Wildman–Crippen MR) is 115 cm³/mol. The Bertz CT molecular complexity index is 918. The molecule has 0 aliphatic carbocycles. The number of anilines is 1. The summed E-state index contributed by atoms with van der Waals surface area (Å²) in [5.41, 5.74) is 5.85. The number of nitrogens with zero attached hydrogens (tertiary/aromatic N) is 3. The Hall–Kier alpha value is -2.56. The molecule has 2 amide bonds. The van der Waals surface area contributed by atoms with Crippen molar-refractivity contribution in [2.45, 2.75) is 53.0 Å². The van der Waals surface area contributed by atoms with Crippen LogP contribution in [0.3, 0.4) is 0 Å². The number of aryl methyl sites for hydroxylation is 4. The van der Waals surface area contributed by atoms with Crippen LogP contribution in [0.5, 0.6) is 0 Å². The van der Waals surface area contributed by atoms with Gasteiger partial charge in [-0.1, -0.05) is 6.07 Å². The third-order valence-electron chi connectivity index (χ3n) is 6.77. The fraction of sp³-hybridized carbons (Fsp3) is 0.500. The van der Waals surface area contributed by atoms with Gasteiger partial charge in [-0.25, -0.2) is 0 Å². The molecule has 0 N–H and O–H groups in total. The summed E-state index contributed by atoms with van der Waals surface area (Å²) in [7, 11) is 0. The van der Waals surface area contributed by atoms with Crippen LogP contribution in [0.15, 0.2) is 30.3 Å². The second kappa shape index (κ2) is 7.69. The molecule has 0 radical (unpaired) electrons. The number of rotatable bonds is 3. The molecule has 1 aromatic heterocycles. The van der Waals surface area contributed by atoms with Gasteiger partial charge in [-0.3, -0.25) is 9.59 Å². The molecule has 1 aromatic carbocycles. The number of carbonyl (C=O) groups excluding carboxylic acids is 2. The van der Waals surface area contributed by atoms with E-state index < -0.39 is 5.92 Å². The lowest BCUT2D eigenvalue weighted by molar-refractivity contribution is -0.140. The largest absolute Gasteiger partial charge is 0.346 e. The van der Waals surface area contributed by atoms with Crippen LogP contribution < -0.4 is 4.90 Å². The number of carbonyl (C=O) groups is 2. The quantitative estimate of drug-likeness (QED) is 0.742.